The van der Waals surface area contributed by atoms with E-state index in [-0.39, 0.29) is 11.9 Å². The van der Waals surface area contributed by atoms with Crippen molar-refractivity contribution in [1.82, 2.24) is 15.1 Å². The lowest BCUT2D eigenvalue weighted by Crippen LogP contribution is -2.47. The molecule has 2 aromatic carbocycles. The lowest BCUT2D eigenvalue weighted by molar-refractivity contribution is -0.125. The minimum Gasteiger partial charge on any atom is -0.355 e. The molecule has 0 saturated carbocycles. The minimum absolute atomic E-state index is 0.0527. The molecule has 0 aliphatic carbocycles. The summed E-state index contributed by atoms with van der Waals surface area (Å²) in [6, 6.07) is 11.3. The quantitative estimate of drug-likeness (QED) is 0.655. The van der Waals surface area contributed by atoms with E-state index in [0.717, 1.165) is 50.4 Å². The standard InChI is InChI=1S/C30H37N3O/c1-19-6-7-20(2)28(22(19)4)18-32-14-12-24(13-15-32)25-9-10-27-23(5)33(17-26(27)16-25)29-11-8-21(3)31-30(29)34/h6-7,9-10,16,24,29H,3,5,8,11-15,17-18H2,1-2,4H3,(H,31,34). The van der Waals surface area contributed by atoms with Gasteiger partial charge in [-0.3, -0.25) is 9.69 Å². The van der Waals surface area contributed by atoms with Crippen LogP contribution in [0.5, 0.6) is 0 Å². The second-order valence-corrected chi connectivity index (χ2v) is 10.5. The SMILES string of the molecule is C=C1CCC(N2Cc3cc(C4CCN(Cc5c(C)ccc(C)c5C)CC4)ccc3C2=C)C(=O)N1. The fourth-order valence-electron chi connectivity index (χ4n) is 5.97. The van der Waals surface area contributed by atoms with Crippen molar-refractivity contribution in [3.05, 3.63) is 88.1 Å². The number of allylic oxidation sites excluding steroid dienone is 1. The minimum atomic E-state index is -0.148. The molecule has 1 atom stereocenters. The smallest absolute Gasteiger partial charge is 0.246 e. The molecule has 3 heterocycles. The lowest BCUT2D eigenvalue weighted by Gasteiger charge is -2.33. The Bertz CT molecular complexity index is 1160. The summed E-state index contributed by atoms with van der Waals surface area (Å²) in [7, 11) is 0. The maximum absolute atomic E-state index is 12.6. The molecule has 0 spiro atoms. The Morgan fingerprint density at radius 2 is 1.74 bits per heavy atom. The molecule has 0 bridgehead atoms. The summed E-state index contributed by atoms with van der Waals surface area (Å²) in [5.74, 6) is 0.654. The topological polar surface area (TPSA) is 35.6 Å². The highest BCUT2D eigenvalue weighted by Gasteiger charge is 2.35. The van der Waals surface area contributed by atoms with Crippen molar-refractivity contribution >= 4 is 11.6 Å². The molecule has 178 valence electrons. The van der Waals surface area contributed by atoms with Crippen molar-refractivity contribution in [3.8, 4) is 0 Å². The molecule has 3 aliphatic heterocycles. The molecule has 2 aromatic rings. The summed E-state index contributed by atoms with van der Waals surface area (Å²) in [6.45, 7) is 19.1. The van der Waals surface area contributed by atoms with Crippen molar-refractivity contribution in [2.45, 2.75) is 71.5 Å². The van der Waals surface area contributed by atoms with Crippen LogP contribution in [0.15, 0.2) is 49.2 Å². The van der Waals surface area contributed by atoms with Crippen LogP contribution in [0.2, 0.25) is 0 Å². The Morgan fingerprint density at radius 1 is 1.00 bits per heavy atom. The molecule has 5 rings (SSSR count). The van der Waals surface area contributed by atoms with E-state index in [1.54, 1.807) is 0 Å². The van der Waals surface area contributed by atoms with Gasteiger partial charge < -0.3 is 10.2 Å². The van der Waals surface area contributed by atoms with Crippen LogP contribution in [0.25, 0.3) is 5.70 Å². The summed E-state index contributed by atoms with van der Waals surface area (Å²) in [6.07, 6.45) is 4.03. The van der Waals surface area contributed by atoms with E-state index in [2.05, 4.69) is 79.4 Å². The zero-order chi connectivity index (χ0) is 24.0. The molecule has 1 N–H and O–H groups in total. The van der Waals surface area contributed by atoms with Gasteiger partial charge in [-0.25, -0.2) is 0 Å². The highest BCUT2D eigenvalue weighted by Crippen LogP contribution is 2.38. The maximum Gasteiger partial charge on any atom is 0.246 e. The number of rotatable bonds is 4. The zero-order valence-corrected chi connectivity index (χ0v) is 20.9. The first-order valence-electron chi connectivity index (χ1n) is 12.7. The van der Waals surface area contributed by atoms with E-state index in [4.69, 9.17) is 0 Å². The van der Waals surface area contributed by atoms with Crippen molar-refractivity contribution in [3.63, 3.8) is 0 Å². The largest absolute Gasteiger partial charge is 0.355 e. The monoisotopic (exact) mass is 455 g/mol. The summed E-state index contributed by atoms with van der Waals surface area (Å²) >= 11 is 0. The summed E-state index contributed by atoms with van der Waals surface area (Å²) < 4.78 is 0. The zero-order valence-electron chi connectivity index (χ0n) is 20.9. The first-order chi connectivity index (χ1) is 16.3. The molecule has 1 unspecified atom stereocenters. The molecule has 2 fully saturated rings. The summed E-state index contributed by atoms with van der Waals surface area (Å²) in [4.78, 5) is 17.4. The fraction of sp³-hybridized carbons (Fsp3) is 0.433. The van der Waals surface area contributed by atoms with E-state index in [9.17, 15) is 4.79 Å². The van der Waals surface area contributed by atoms with Crippen molar-refractivity contribution in [1.29, 1.82) is 0 Å². The van der Waals surface area contributed by atoms with E-state index in [1.807, 2.05) is 0 Å². The Kier molecular flexibility index (Phi) is 6.11. The van der Waals surface area contributed by atoms with Crippen molar-refractivity contribution < 1.29 is 4.79 Å². The van der Waals surface area contributed by atoms with Crippen LogP contribution >= 0.6 is 0 Å². The summed E-state index contributed by atoms with van der Waals surface area (Å²) in [5, 5.41) is 2.93. The van der Waals surface area contributed by atoms with Gasteiger partial charge in [-0.15, -0.1) is 0 Å². The summed E-state index contributed by atoms with van der Waals surface area (Å²) in [5.41, 5.74) is 11.5. The number of nitrogens with one attached hydrogen (secondary N) is 1. The van der Waals surface area contributed by atoms with Crippen molar-refractivity contribution in [2.24, 2.45) is 0 Å². The van der Waals surface area contributed by atoms with Gasteiger partial charge in [0.1, 0.15) is 6.04 Å². The Morgan fingerprint density at radius 3 is 2.47 bits per heavy atom. The number of hydrogen-bond donors (Lipinski definition) is 1. The molecule has 34 heavy (non-hydrogen) atoms. The predicted molar refractivity (Wildman–Crippen MR) is 139 cm³/mol. The van der Waals surface area contributed by atoms with E-state index in [0.29, 0.717) is 5.92 Å². The van der Waals surface area contributed by atoms with Crippen LogP contribution < -0.4 is 5.32 Å². The normalized spacial score (nSPS) is 21.7. The number of carbonyl (C=O) groups is 1. The number of piperidine rings is 2. The van der Waals surface area contributed by atoms with E-state index < -0.39 is 0 Å². The van der Waals surface area contributed by atoms with Gasteiger partial charge >= 0.3 is 0 Å². The number of amides is 1. The fourth-order valence-corrected chi connectivity index (χ4v) is 5.97. The van der Waals surface area contributed by atoms with Gasteiger partial charge in [-0.1, -0.05) is 43.5 Å². The Labute approximate surface area is 204 Å². The first kappa shape index (κ1) is 22.9. The number of hydrogen-bond acceptors (Lipinski definition) is 3. The third-order valence-electron chi connectivity index (χ3n) is 8.37. The third kappa shape index (κ3) is 4.20. The first-order valence-corrected chi connectivity index (χ1v) is 12.7. The third-order valence-corrected chi connectivity index (χ3v) is 8.37. The molecule has 0 radical (unpaired) electrons. The molecule has 0 aromatic heterocycles. The highest BCUT2D eigenvalue weighted by molar-refractivity contribution is 5.87. The Hall–Kier alpha value is -2.85. The average molecular weight is 456 g/mol. The van der Waals surface area contributed by atoms with Crippen LogP contribution in [-0.4, -0.2) is 34.8 Å². The number of fused-ring (bicyclic) bond motifs is 1. The number of aryl methyl sites for hydroxylation is 2. The van der Waals surface area contributed by atoms with Gasteiger partial charge in [-0.2, -0.15) is 0 Å². The van der Waals surface area contributed by atoms with Gasteiger partial charge in [-0.05, 0) is 98.8 Å². The van der Waals surface area contributed by atoms with E-state index >= 15 is 0 Å². The second-order valence-electron chi connectivity index (χ2n) is 10.5. The number of nitrogens with zero attached hydrogens (tertiary/aromatic N) is 2. The predicted octanol–water partition coefficient (Wildman–Crippen LogP) is 5.57. The molecule has 1 amide bonds. The van der Waals surface area contributed by atoms with E-state index in [1.165, 1.54) is 51.8 Å². The van der Waals surface area contributed by atoms with Gasteiger partial charge in [0.25, 0.3) is 0 Å². The highest BCUT2D eigenvalue weighted by atomic mass is 16.2. The van der Waals surface area contributed by atoms with Crippen LogP contribution in [0.4, 0.5) is 0 Å². The van der Waals surface area contributed by atoms with Crippen LogP contribution in [0.1, 0.15) is 70.5 Å². The van der Waals surface area contributed by atoms with Crippen molar-refractivity contribution in [2.75, 3.05) is 13.1 Å². The van der Waals surface area contributed by atoms with Gasteiger partial charge in [0.2, 0.25) is 5.91 Å². The van der Waals surface area contributed by atoms with Gasteiger partial charge in [0, 0.05) is 30.0 Å². The molecule has 2 saturated heterocycles. The average Bonchev–Trinajstić information content (AvgIpc) is 3.15. The second kappa shape index (κ2) is 9.07. The molecular weight excluding hydrogens is 418 g/mol. The van der Waals surface area contributed by atoms with Crippen LogP contribution in [0, 0.1) is 20.8 Å². The molecular formula is C30H37N3O. The maximum atomic E-state index is 12.6. The number of likely N-dealkylation sites (tertiary alicyclic amines) is 1. The van der Waals surface area contributed by atoms with Crippen LogP contribution in [-0.2, 0) is 17.9 Å². The number of benzene rings is 2. The molecule has 4 heteroatoms. The van der Waals surface area contributed by atoms with Gasteiger partial charge in [0.05, 0.1) is 0 Å². The molecule has 4 nitrogen and oxygen atoms in total. The number of carbonyl (C=O) groups excluding carboxylic acids is 1. The Balaban J connectivity index is 1.24. The lowest BCUT2D eigenvalue weighted by atomic mass is 9.87. The van der Waals surface area contributed by atoms with Crippen LogP contribution in [0.3, 0.4) is 0 Å². The molecule has 3 aliphatic rings. The van der Waals surface area contributed by atoms with Gasteiger partial charge in [0.15, 0.2) is 0 Å².